The summed E-state index contributed by atoms with van der Waals surface area (Å²) in [4.78, 5) is 21.3. The molecular formula is C9H13NO3. The average Bonchev–Trinajstić information content (AvgIpc) is 2.03. The van der Waals surface area contributed by atoms with Crippen molar-refractivity contribution in [2.75, 3.05) is 6.61 Å². The van der Waals surface area contributed by atoms with Crippen LogP contribution in [0.25, 0.3) is 0 Å². The van der Waals surface area contributed by atoms with Crippen LogP contribution in [0.15, 0.2) is 24.3 Å². The molecule has 0 aliphatic rings. The molecule has 0 fully saturated rings. The average molecular weight is 183 g/mol. The Morgan fingerprint density at radius 2 is 1.92 bits per heavy atom. The highest BCUT2D eigenvalue weighted by atomic mass is 16.5. The lowest BCUT2D eigenvalue weighted by atomic mass is 10.2. The van der Waals surface area contributed by atoms with Crippen molar-refractivity contribution in [3.63, 3.8) is 0 Å². The van der Waals surface area contributed by atoms with Crippen molar-refractivity contribution in [3.8, 4) is 0 Å². The minimum Gasteiger partial charge on any atom is -0.462 e. The van der Waals surface area contributed by atoms with E-state index >= 15 is 0 Å². The number of nitrogens with two attached hydrogens (primary N) is 1. The lowest BCUT2D eigenvalue weighted by Crippen LogP contribution is -2.15. The Balaban J connectivity index is 3.69. The van der Waals surface area contributed by atoms with Gasteiger partial charge in [-0.1, -0.05) is 13.2 Å². The second kappa shape index (κ2) is 5.13. The number of carbonyl (C=O) groups excluding carboxylic acids is 2. The van der Waals surface area contributed by atoms with Gasteiger partial charge in [0.05, 0.1) is 6.61 Å². The van der Waals surface area contributed by atoms with Crippen LogP contribution in [-0.2, 0) is 14.3 Å². The first-order valence-electron chi connectivity index (χ1n) is 3.75. The summed E-state index contributed by atoms with van der Waals surface area (Å²) < 4.78 is 4.72. The number of rotatable bonds is 5. The summed E-state index contributed by atoms with van der Waals surface area (Å²) in [5.41, 5.74) is 5.48. The summed E-state index contributed by atoms with van der Waals surface area (Å²) in [5.74, 6) is -1.05. The molecule has 4 nitrogen and oxygen atoms in total. The van der Waals surface area contributed by atoms with Crippen molar-refractivity contribution in [2.24, 2.45) is 5.73 Å². The highest BCUT2D eigenvalue weighted by Crippen LogP contribution is 1.99. The van der Waals surface area contributed by atoms with E-state index in [9.17, 15) is 9.59 Å². The normalized spacial score (nSPS) is 9.00. The fourth-order valence-corrected chi connectivity index (χ4v) is 0.513. The van der Waals surface area contributed by atoms with Crippen LogP contribution in [0.2, 0.25) is 0 Å². The molecule has 0 rings (SSSR count). The number of ether oxygens (including phenoxy) is 1. The molecule has 72 valence electrons. The SMILES string of the molecule is C=C(C)C(=O)OCCC(=C)C(N)=O. The zero-order chi connectivity index (χ0) is 10.4. The van der Waals surface area contributed by atoms with E-state index in [1.165, 1.54) is 0 Å². The molecule has 0 radical (unpaired) electrons. The van der Waals surface area contributed by atoms with E-state index in [1.54, 1.807) is 6.92 Å². The molecule has 0 bridgehead atoms. The van der Waals surface area contributed by atoms with Crippen LogP contribution in [-0.4, -0.2) is 18.5 Å². The molecule has 0 aromatic rings. The van der Waals surface area contributed by atoms with Gasteiger partial charge in [-0.05, 0) is 6.92 Å². The third kappa shape index (κ3) is 4.79. The van der Waals surface area contributed by atoms with Gasteiger partial charge >= 0.3 is 5.97 Å². The van der Waals surface area contributed by atoms with E-state index in [1.807, 2.05) is 0 Å². The molecule has 0 spiro atoms. The number of hydrogen-bond donors (Lipinski definition) is 1. The highest BCUT2D eigenvalue weighted by Gasteiger charge is 2.05. The third-order valence-corrected chi connectivity index (χ3v) is 1.33. The van der Waals surface area contributed by atoms with Crippen molar-refractivity contribution in [1.29, 1.82) is 0 Å². The lowest BCUT2D eigenvalue weighted by molar-refractivity contribution is -0.139. The van der Waals surface area contributed by atoms with Gasteiger partial charge in [-0.2, -0.15) is 0 Å². The van der Waals surface area contributed by atoms with E-state index in [2.05, 4.69) is 13.2 Å². The summed E-state index contributed by atoms with van der Waals surface area (Å²) in [6.07, 6.45) is 0.258. The number of carbonyl (C=O) groups is 2. The van der Waals surface area contributed by atoms with Crippen molar-refractivity contribution >= 4 is 11.9 Å². The standard InChI is InChI=1S/C9H13NO3/c1-6(2)9(12)13-5-4-7(3)8(10)11/h1,3-5H2,2H3,(H2,10,11). The van der Waals surface area contributed by atoms with E-state index in [0.29, 0.717) is 5.57 Å². The number of primary amides is 1. The molecule has 0 heterocycles. The molecule has 0 unspecified atom stereocenters. The molecule has 0 saturated carbocycles. The molecule has 0 atom stereocenters. The van der Waals surface area contributed by atoms with Crippen LogP contribution >= 0.6 is 0 Å². The Labute approximate surface area is 77.1 Å². The molecule has 0 aliphatic heterocycles. The molecule has 2 N–H and O–H groups in total. The summed E-state index contributed by atoms with van der Waals surface area (Å²) in [7, 11) is 0. The Hall–Kier alpha value is -1.58. The van der Waals surface area contributed by atoms with Gasteiger partial charge in [0.1, 0.15) is 0 Å². The van der Waals surface area contributed by atoms with Crippen LogP contribution < -0.4 is 5.73 Å². The first kappa shape index (κ1) is 11.4. The van der Waals surface area contributed by atoms with Crippen LogP contribution in [0.4, 0.5) is 0 Å². The van der Waals surface area contributed by atoms with Crippen LogP contribution in [0.5, 0.6) is 0 Å². The molecule has 13 heavy (non-hydrogen) atoms. The number of amides is 1. The predicted octanol–water partition coefficient (Wildman–Crippen LogP) is 0.537. The Morgan fingerprint density at radius 3 is 2.31 bits per heavy atom. The van der Waals surface area contributed by atoms with Crippen LogP contribution in [0.1, 0.15) is 13.3 Å². The van der Waals surface area contributed by atoms with Gasteiger partial charge in [0.2, 0.25) is 5.91 Å². The summed E-state index contributed by atoms with van der Waals surface area (Å²) in [6, 6.07) is 0. The van der Waals surface area contributed by atoms with Gasteiger partial charge in [-0.25, -0.2) is 4.79 Å². The van der Waals surface area contributed by atoms with Gasteiger partial charge in [0, 0.05) is 17.6 Å². The molecule has 4 heteroatoms. The maximum atomic E-state index is 10.8. The Morgan fingerprint density at radius 1 is 1.38 bits per heavy atom. The van der Waals surface area contributed by atoms with Crippen molar-refractivity contribution in [2.45, 2.75) is 13.3 Å². The Kier molecular flexibility index (Phi) is 4.51. The van der Waals surface area contributed by atoms with E-state index < -0.39 is 11.9 Å². The fraction of sp³-hybridized carbons (Fsp3) is 0.333. The van der Waals surface area contributed by atoms with E-state index in [-0.39, 0.29) is 18.6 Å². The van der Waals surface area contributed by atoms with E-state index in [0.717, 1.165) is 0 Å². The lowest BCUT2D eigenvalue weighted by Gasteiger charge is -2.03. The second-order valence-electron chi connectivity index (χ2n) is 2.63. The summed E-state index contributed by atoms with van der Waals surface area (Å²) >= 11 is 0. The molecule has 0 saturated heterocycles. The maximum Gasteiger partial charge on any atom is 0.333 e. The maximum absolute atomic E-state index is 10.8. The summed E-state index contributed by atoms with van der Waals surface area (Å²) in [6.45, 7) is 8.46. The first-order valence-corrected chi connectivity index (χ1v) is 3.75. The van der Waals surface area contributed by atoms with Crippen LogP contribution in [0.3, 0.4) is 0 Å². The monoisotopic (exact) mass is 183 g/mol. The molecule has 1 amide bonds. The second-order valence-corrected chi connectivity index (χ2v) is 2.63. The highest BCUT2D eigenvalue weighted by molar-refractivity contribution is 5.91. The summed E-state index contributed by atoms with van der Waals surface area (Å²) in [5, 5.41) is 0. The quantitative estimate of drug-likeness (QED) is 0.499. The number of esters is 1. The Bertz CT molecular complexity index is 230. The molecule has 0 aliphatic carbocycles. The topological polar surface area (TPSA) is 69.4 Å². The molecule has 0 aromatic carbocycles. The van der Waals surface area contributed by atoms with Gasteiger partial charge in [0.25, 0.3) is 0 Å². The zero-order valence-electron chi connectivity index (χ0n) is 7.63. The van der Waals surface area contributed by atoms with Crippen molar-refractivity contribution < 1.29 is 14.3 Å². The first-order chi connectivity index (χ1) is 5.95. The van der Waals surface area contributed by atoms with E-state index in [4.69, 9.17) is 10.5 Å². The molecule has 0 aromatic heterocycles. The van der Waals surface area contributed by atoms with Crippen LogP contribution in [0, 0.1) is 0 Å². The van der Waals surface area contributed by atoms with Gasteiger partial charge in [0.15, 0.2) is 0 Å². The van der Waals surface area contributed by atoms with Crippen molar-refractivity contribution in [1.82, 2.24) is 0 Å². The smallest absolute Gasteiger partial charge is 0.333 e. The zero-order valence-corrected chi connectivity index (χ0v) is 7.63. The molecular weight excluding hydrogens is 170 g/mol. The van der Waals surface area contributed by atoms with Gasteiger partial charge < -0.3 is 10.5 Å². The van der Waals surface area contributed by atoms with Gasteiger partial charge in [-0.15, -0.1) is 0 Å². The minimum absolute atomic E-state index is 0.105. The predicted molar refractivity (Wildman–Crippen MR) is 48.7 cm³/mol. The number of hydrogen-bond acceptors (Lipinski definition) is 3. The van der Waals surface area contributed by atoms with Crippen molar-refractivity contribution in [3.05, 3.63) is 24.3 Å². The van der Waals surface area contributed by atoms with Gasteiger partial charge in [-0.3, -0.25) is 4.79 Å². The largest absolute Gasteiger partial charge is 0.462 e. The fourth-order valence-electron chi connectivity index (χ4n) is 0.513. The third-order valence-electron chi connectivity index (χ3n) is 1.33. The minimum atomic E-state index is -0.577.